The number of para-hydroxylation sites is 1. The molecule has 0 aliphatic heterocycles. The van der Waals surface area contributed by atoms with Gasteiger partial charge in [0.25, 0.3) is 11.5 Å². The Balaban J connectivity index is 1.41. The number of fused-ring (bicyclic) bond motifs is 3. The van der Waals surface area contributed by atoms with E-state index in [0.717, 1.165) is 58.3 Å². The molecule has 0 bridgehead atoms. The van der Waals surface area contributed by atoms with E-state index in [0.29, 0.717) is 5.16 Å². The van der Waals surface area contributed by atoms with Gasteiger partial charge in [0.05, 0.1) is 23.0 Å². The number of hydrogen-bond acceptors (Lipinski definition) is 6. The van der Waals surface area contributed by atoms with Crippen molar-refractivity contribution in [1.82, 2.24) is 15.0 Å². The Labute approximate surface area is 205 Å². The summed E-state index contributed by atoms with van der Waals surface area (Å²) in [5, 5.41) is 5.30. The molecule has 8 heteroatoms. The van der Waals surface area contributed by atoms with Crippen molar-refractivity contribution < 1.29 is 4.79 Å². The molecule has 1 aliphatic carbocycles. The molecule has 34 heavy (non-hydrogen) atoms. The summed E-state index contributed by atoms with van der Waals surface area (Å²) in [4.78, 5) is 33.0. The number of carbonyl (C=O) groups excluding carboxylic acids is 1. The first-order chi connectivity index (χ1) is 16.6. The van der Waals surface area contributed by atoms with Gasteiger partial charge in [0.15, 0.2) is 5.16 Å². The number of hydrogen-bond donors (Lipinski definition) is 1. The maximum Gasteiger partial charge on any atom is 0.267 e. The molecule has 1 aliphatic rings. The van der Waals surface area contributed by atoms with Crippen molar-refractivity contribution >= 4 is 45.4 Å². The van der Waals surface area contributed by atoms with Crippen LogP contribution in [-0.2, 0) is 17.6 Å². The molecule has 1 N–H and O–H groups in total. The number of carbonyl (C=O) groups is 1. The topological polar surface area (TPSA) is 76.3 Å². The zero-order valence-corrected chi connectivity index (χ0v) is 20.4. The molecule has 0 fully saturated rings. The fourth-order valence-electron chi connectivity index (χ4n) is 4.08. The third-order valence-electron chi connectivity index (χ3n) is 5.79. The van der Waals surface area contributed by atoms with E-state index in [2.05, 4.69) is 10.5 Å². The quantitative estimate of drug-likeness (QED) is 0.182. The number of rotatable bonds is 6. The maximum atomic E-state index is 13.7. The van der Waals surface area contributed by atoms with Crippen molar-refractivity contribution in [2.75, 3.05) is 5.75 Å². The molecular formula is C26H24N4O2S2. The Morgan fingerprint density at radius 2 is 1.91 bits per heavy atom. The zero-order chi connectivity index (χ0) is 23.5. The van der Waals surface area contributed by atoms with Gasteiger partial charge in [-0.3, -0.25) is 14.2 Å². The third kappa shape index (κ3) is 4.69. The number of thioether (sulfide) groups is 1. The average Bonchev–Trinajstić information content (AvgIpc) is 3.23. The molecule has 0 radical (unpaired) electrons. The van der Waals surface area contributed by atoms with Crippen LogP contribution in [0.4, 0.5) is 0 Å². The lowest BCUT2D eigenvalue weighted by Gasteiger charge is -2.13. The van der Waals surface area contributed by atoms with Gasteiger partial charge in [0, 0.05) is 4.88 Å². The number of amides is 1. The number of aromatic nitrogens is 2. The van der Waals surface area contributed by atoms with E-state index in [1.54, 1.807) is 22.1 Å². The number of benzene rings is 2. The highest BCUT2D eigenvalue weighted by atomic mass is 32.2. The van der Waals surface area contributed by atoms with Gasteiger partial charge in [-0.25, -0.2) is 10.4 Å². The number of aryl methyl sites for hydroxylation is 3. The highest BCUT2D eigenvalue weighted by Gasteiger charge is 2.23. The lowest BCUT2D eigenvalue weighted by Crippen LogP contribution is -2.24. The van der Waals surface area contributed by atoms with Crippen molar-refractivity contribution in [3.8, 4) is 5.69 Å². The molecule has 5 rings (SSSR count). The van der Waals surface area contributed by atoms with Crippen molar-refractivity contribution in [2.45, 2.75) is 37.8 Å². The van der Waals surface area contributed by atoms with Crippen LogP contribution in [0.2, 0.25) is 0 Å². The van der Waals surface area contributed by atoms with E-state index in [-0.39, 0.29) is 17.2 Å². The minimum absolute atomic E-state index is 0.0594. The predicted octanol–water partition coefficient (Wildman–Crippen LogP) is 4.88. The van der Waals surface area contributed by atoms with E-state index < -0.39 is 0 Å². The van der Waals surface area contributed by atoms with Gasteiger partial charge in [-0.15, -0.1) is 11.3 Å². The lowest BCUT2D eigenvalue weighted by molar-refractivity contribution is -0.118. The van der Waals surface area contributed by atoms with Crippen LogP contribution in [-0.4, -0.2) is 27.4 Å². The maximum absolute atomic E-state index is 13.7. The van der Waals surface area contributed by atoms with Crippen LogP contribution in [0, 0.1) is 6.92 Å². The zero-order valence-electron chi connectivity index (χ0n) is 18.8. The summed E-state index contributed by atoms with van der Waals surface area (Å²) in [5.41, 5.74) is 6.49. The van der Waals surface area contributed by atoms with Gasteiger partial charge in [0.2, 0.25) is 0 Å². The highest BCUT2D eigenvalue weighted by molar-refractivity contribution is 7.99. The molecule has 0 saturated heterocycles. The van der Waals surface area contributed by atoms with Crippen molar-refractivity contribution in [3.63, 3.8) is 0 Å². The van der Waals surface area contributed by atoms with E-state index in [1.165, 1.54) is 16.6 Å². The Kier molecular flexibility index (Phi) is 6.60. The molecule has 2 aromatic heterocycles. The Morgan fingerprint density at radius 1 is 1.15 bits per heavy atom. The van der Waals surface area contributed by atoms with Crippen LogP contribution >= 0.6 is 23.1 Å². The van der Waals surface area contributed by atoms with Crippen molar-refractivity contribution in [1.29, 1.82) is 0 Å². The number of nitrogens with zero attached hydrogens (tertiary/aromatic N) is 3. The second kappa shape index (κ2) is 9.95. The van der Waals surface area contributed by atoms with Crippen LogP contribution in [0.25, 0.3) is 15.9 Å². The molecule has 0 unspecified atom stereocenters. The average molecular weight is 489 g/mol. The molecular weight excluding hydrogens is 464 g/mol. The van der Waals surface area contributed by atoms with Gasteiger partial charge in [-0.1, -0.05) is 59.8 Å². The van der Waals surface area contributed by atoms with Gasteiger partial charge in [0.1, 0.15) is 4.83 Å². The van der Waals surface area contributed by atoms with Crippen molar-refractivity contribution in [2.24, 2.45) is 5.10 Å². The Morgan fingerprint density at radius 3 is 2.71 bits per heavy atom. The molecule has 172 valence electrons. The molecule has 4 aromatic rings. The first-order valence-electron chi connectivity index (χ1n) is 11.2. The van der Waals surface area contributed by atoms with Crippen LogP contribution in [0.3, 0.4) is 0 Å². The van der Waals surface area contributed by atoms with Gasteiger partial charge in [-0.2, -0.15) is 5.10 Å². The van der Waals surface area contributed by atoms with Crippen LogP contribution < -0.4 is 11.0 Å². The summed E-state index contributed by atoms with van der Waals surface area (Å²) in [6.07, 6.45) is 5.79. The first-order valence-corrected chi connectivity index (χ1v) is 13.0. The molecule has 0 spiro atoms. The fourth-order valence-corrected chi connectivity index (χ4v) is 6.19. The second-order valence-electron chi connectivity index (χ2n) is 8.25. The van der Waals surface area contributed by atoms with Crippen LogP contribution in [0.1, 0.15) is 34.4 Å². The predicted molar refractivity (Wildman–Crippen MR) is 139 cm³/mol. The summed E-state index contributed by atoms with van der Waals surface area (Å²) in [5.74, 6) is -0.158. The summed E-state index contributed by atoms with van der Waals surface area (Å²) in [6, 6.07) is 17.4. The minimum Gasteiger partial charge on any atom is -0.272 e. The SMILES string of the molecule is Cc1ccc(/C=N/NC(=O)CSc2nc3sc4c(c3c(=O)n2-c2ccccc2)CCCC4)cc1. The van der Waals surface area contributed by atoms with Gasteiger partial charge < -0.3 is 0 Å². The summed E-state index contributed by atoms with van der Waals surface area (Å²) < 4.78 is 1.64. The summed E-state index contributed by atoms with van der Waals surface area (Å²) in [7, 11) is 0. The number of thiophene rings is 1. The molecule has 2 aromatic carbocycles. The summed E-state index contributed by atoms with van der Waals surface area (Å²) in [6.45, 7) is 2.02. The molecule has 6 nitrogen and oxygen atoms in total. The Bertz CT molecular complexity index is 1420. The van der Waals surface area contributed by atoms with E-state index >= 15 is 0 Å². The smallest absolute Gasteiger partial charge is 0.267 e. The molecule has 0 atom stereocenters. The third-order valence-corrected chi connectivity index (χ3v) is 7.91. The van der Waals surface area contributed by atoms with Crippen LogP contribution in [0.15, 0.2) is 69.6 Å². The normalized spacial score (nSPS) is 13.3. The summed E-state index contributed by atoms with van der Waals surface area (Å²) >= 11 is 2.86. The minimum atomic E-state index is -0.257. The van der Waals surface area contributed by atoms with E-state index in [1.807, 2.05) is 61.5 Å². The Hall–Kier alpha value is -3.23. The highest BCUT2D eigenvalue weighted by Crippen LogP contribution is 2.35. The lowest BCUT2D eigenvalue weighted by atomic mass is 9.97. The largest absolute Gasteiger partial charge is 0.272 e. The fraction of sp³-hybridized carbons (Fsp3) is 0.231. The van der Waals surface area contributed by atoms with Gasteiger partial charge >= 0.3 is 0 Å². The number of nitrogens with one attached hydrogen (secondary N) is 1. The van der Waals surface area contributed by atoms with Crippen LogP contribution in [0.5, 0.6) is 0 Å². The van der Waals surface area contributed by atoms with E-state index in [4.69, 9.17) is 4.98 Å². The molecule has 0 saturated carbocycles. The number of hydrazone groups is 1. The monoisotopic (exact) mass is 488 g/mol. The molecule has 2 heterocycles. The first kappa shape index (κ1) is 22.6. The van der Waals surface area contributed by atoms with Gasteiger partial charge in [-0.05, 0) is 55.9 Å². The second-order valence-corrected chi connectivity index (χ2v) is 10.3. The molecule has 1 amide bonds. The standard InChI is InChI=1S/C26H24N4O2S2/c1-17-11-13-18(14-12-17)15-27-29-22(31)16-33-26-28-24-23(20-9-5-6-10-21(20)34-24)25(32)30(26)19-7-3-2-4-8-19/h2-4,7-8,11-15H,5-6,9-10,16H2,1H3,(H,29,31)/b27-15+. The van der Waals surface area contributed by atoms with E-state index in [9.17, 15) is 9.59 Å². The van der Waals surface area contributed by atoms with Crippen molar-refractivity contribution in [3.05, 3.63) is 86.5 Å².